The number of hydrogen-bond acceptors (Lipinski definition) is 2. The molecule has 0 bridgehead atoms. The minimum absolute atomic E-state index is 0.0672. The summed E-state index contributed by atoms with van der Waals surface area (Å²) in [7, 11) is 0. The summed E-state index contributed by atoms with van der Waals surface area (Å²) in [6.07, 6.45) is -4.12. The highest BCUT2D eigenvalue weighted by Crippen LogP contribution is 2.52. The molecule has 0 fully saturated rings. The number of rotatable bonds is 4. The zero-order valence-corrected chi connectivity index (χ0v) is 16.0. The van der Waals surface area contributed by atoms with Crippen molar-refractivity contribution in [2.24, 2.45) is 0 Å². The second kappa shape index (κ2) is 7.28. The van der Waals surface area contributed by atoms with Gasteiger partial charge in [0.05, 0.1) is 16.7 Å². The molecule has 0 amide bonds. The van der Waals surface area contributed by atoms with Gasteiger partial charge in [0, 0.05) is 39.0 Å². The lowest BCUT2D eigenvalue weighted by molar-refractivity contribution is -0.332. The van der Waals surface area contributed by atoms with Crippen LogP contribution in [0.2, 0.25) is 0 Å². The lowest BCUT2D eigenvalue weighted by Gasteiger charge is -2.29. The van der Waals surface area contributed by atoms with Gasteiger partial charge in [0.1, 0.15) is 0 Å². The third kappa shape index (κ3) is 3.73. The molecule has 2 aromatic rings. The molecule has 1 unspecified atom stereocenters. The molecule has 1 radical (unpaired) electrons. The van der Waals surface area contributed by atoms with E-state index in [1.807, 2.05) is 0 Å². The van der Waals surface area contributed by atoms with Crippen LogP contribution in [0.4, 0.5) is 30.7 Å². The van der Waals surface area contributed by atoms with Crippen molar-refractivity contribution < 1.29 is 35.3 Å². The number of nitrogens with zero attached hydrogens (tertiary/aromatic N) is 1. The summed E-state index contributed by atoms with van der Waals surface area (Å²) in [6, 6.07) is 6.01. The summed E-state index contributed by atoms with van der Waals surface area (Å²) in [6.45, 7) is 0. The lowest BCUT2D eigenvalue weighted by atomic mass is 10.1. The van der Waals surface area contributed by atoms with E-state index in [4.69, 9.17) is 0 Å². The number of alkyl halides is 7. The molecule has 1 heterocycles. The van der Waals surface area contributed by atoms with Gasteiger partial charge >= 0.3 is 17.4 Å². The fourth-order valence-electron chi connectivity index (χ4n) is 1.84. The van der Waals surface area contributed by atoms with Gasteiger partial charge in [0.15, 0.2) is 4.90 Å². The number of hydrogen-bond donors (Lipinski definition) is 0. The maximum atomic E-state index is 13.9. The zero-order valence-electron chi connectivity index (χ0n) is 12.1. The van der Waals surface area contributed by atoms with Crippen LogP contribution < -0.4 is 0 Å². The average molecular weight is 528 g/mol. The predicted octanol–water partition coefficient (Wildman–Crippen LogP) is 5.97. The van der Waals surface area contributed by atoms with Crippen molar-refractivity contribution in [3.63, 3.8) is 0 Å². The third-order valence-electron chi connectivity index (χ3n) is 3.06. The first kappa shape index (κ1) is 21.5. The fourth-order valence-corrected chi connectivity index (χ4v) is 4.73. The summed E-state index contributed by atoms with van der Waals surface area (Å²) < 4.78 is 104. The Morgan fingerprint density at radius 2 is 1.69 bits per heavy atom. The van der Waals surface area contributed by atoms with E-state index >= 15 is 0 Å². The number of benzene rings is 1. The van der Waals surface area contributed by atoms with Crippen LogP contribution in [0.1, 0.15) is 0 Å². The number of halogens is 9. The first-order valence-electron chi connectivity index (χ1n) is 6.36. The van der Waals surface area contributed by atoms with Gasteiger partial charge < -0.3 is 4.55 Å². The molecular formula is C14H5Br2F7NOS. The summed E-state index contributed by atoms with van der Waals surface area (Å²) in [4.78, 5) is 2.77. The quantitative estimate of drug-likeness (QED) is 0.363. The Balaban J connectivity index is 2.68. The summed E-state index contributed by atoms with van der Waals surface area (Å²) in [5.74, 6) is -6.50. The molecule has 0 spiro atoms. The van der Waals surface area contributed by atoms with E-state index in [0.717, 1.165) is 12.3 Å². The van der Waals surface area contributed by atoms with Crippen LogP contribution in [0.15, 0.2) is 44.4 Å². The summed E-state index contributed by atoms with van der Waals surface area (Å²) >= 11 is 1.76. The molecular weight excluding hydrogens is 523 g/mol. The minimum Gasteiger partial charge on any atom is -0.606 e. The van der Waals surface area contributed by atoms with Gasteiger partial charge in [0.25, 0.3) is 0 Å². The largest absolute Gasteiger partial charge is 0.606 e. The molecule has 2 rings (SSSR count). The van der Waals surface area contributed by atoms with Crippen molar-refractivity contribution in [2.45, 2.75) is 22.2 Å². The van der Waals surface area contributed by atoms with Crippen LogP contribution in [0.5, 0.6) is 0 Å². The maximum absolute atomic E-state index is 13.9. The Morgan fingerprint density at radius 1 is 1.08 bits per heavy atom. The molecule has 0 N–H and O–H groups in total. The lowest BCUT2D eigenvalue weighted by Crippen LogP contribution is -2.56. The van der Waals surface area contributed by atoms with Crippen LogP contribution >= 0.6 is 31.9 Å². The van der Waals surface area contributed by atoms with Gasteiger partial charge in [-0.05, 0) is 37.9 Å². The molecule has 1 aromatic carbocycles. The standard InChI is InChI=1S/C14H5Br2F7NOS/c15-8-4-9(16)11(7-2-1-3-24-6-7)10(5-8)26(25)14(22,23)12(17,18)13(19,20)21/h1-3,5-6H. The Morgan fingerprint density at radius 3 is 2.19 bits per heavy atom. The highest BCUT2D eigenvalue weighted by molar-refractivity contribution is 9.11. The normalized spacial score (nSPS) is 14.4. The van der Waals surface area contributed by atoms with E-state index in [1.54, 1.807) is 0 Å². The van der Waals surface area contributed by atoms with Crippen molar-refractivity contribution in [2.75, 3.05) is 0 Å². The number of aromatic nitrogens is 1. The minimum atomic E-state index is -6.59. The van der Waals surface area contributed by atoms with Crippen LogP contribution in [0.3, 0.4) is 0 Å². The third-order valence-corrected chi connectivity index (χ3v) is 5.52. The van der Waals surface area contributed by atoms with Crippen LogP contribution in [0.25, 0.3) is 11.1 Å². The summed E-state index contributed by atoms with van der Waals surface area (Å²) in [5, 5.41) is -5.91. The molecule has 2 nitrogen and oxygen atoms in total. The molecule has 141 valence electrons. The van der Waals surface area contributed by atoms with Gasteiger partial charge in [-0.2, -0.15) is 22.0 Å². The first-order chi connectivity index (χ1) is 11.8. The Hall–Kier alpha value is -0.850. The van der Waals surface area contributed by atoms with E-state index in [0.29, 0.717) is 0 Å². The highest BCUT2D eigenvalue weighted by Gasteiger charge is 2.80. The van der Waals surface area contributed by atoms with Crippen molar-refractivity contribution in [1.29, 1.82) is 0 Å². The van der Waals surface area contributed by atoms with Crippen molar-refractivity contribution in [3.05, 3.63) is 45.6 Å². The second-order valence-corrected chi connectivity index (χ2v) is 7.91. The second-order valence-electron chi connectivity index (χ2n) is 4.77. The molecule has 0 aliphatic rings. The average Bonchev–Trinajstić information content (AvgIpc) is 2.52. The Bertz CT molecular complexity index is 802. The SMILES string of the molecule is [O-][S+](c1cc(Br)[c]c(Br)c1-c1cccnc1)C(F)(F)C(F)(F)C(F)(F)F. The van der Waals surface area contributed by atoms with Gasteiger partial charge in [-0.3, -0.25) is 4.98 Å². The predicted molar refractivity (Wildman–Crippen MR) is 86.3 cm³/mol. The topological polar surface area (TPSA) is 36.0 Å². The van der Waals surface area contributed by atoms with Gasteiger partial charge in [-0.1, -0.05) is 6.07 Å². The molecule has 26 heavy (non-hydrogen) atoms. The van der Waals surface area contributed by atoms with Crippen LogP contribution in [0, 0.1) is 6.07 Å². The van der Waals surface area contributed by atoms with Crippen molar-refractivity contribution in [3.8, 4) is 11.1 Å². The van der Waals surface area contributed by atoms with E-state index in [9.17, 15) is 35.3 Å². The van der Waals surface area contributed by atoms with E-state index in [-0.39, 0.29) is 20.1 Å². The number of pyridine rings is 1. The van der Waals surface area contributed by atoms with E-state index < -0.39 is 33.4 Å². The highest BCUT2D eigenvalue weighted by atomic mass is 79.9. The van der Waals surface area contributed by atoms with Crippen LogP contribution in [-0.2, 0) is 11.2 Å². The molecule has 0 aliphatic heterocycles. The first-order valence-corrected chi connectivity index (χ1v) is 9.10. The van der Waals surface area contributed by atoms with Crippen LogP contribution in [-0.4, -0.2) is 26.9 Å². The van der Waals surface area contributed by atoms with E-state index in [1.165, 1.54) is 18.3 Å². The Kier molecular flexibility index (Phi) is 6.01. The smallest absolute Gasteiger partial charge is 0.486 e. The van der Waals surface area contributed by atoms with Gasteiger partial charge in [0.2, 0.25) is 0 Å². The molecule has 0 saturated carbocycles. The summed E-state index contributed by atoms with van der Waals surface area (Å²) in [5.41, 5.74) is -0.227. The molecule has 0 saturated heterocycles. The van der Waals surface area contributed by atoms with Crippen molar-refractivity contribution in [1.82, 2.24) is 4.98 Å². The molecule has 1 aromatic heterocycles. The Labute approximate surface area is 162 Å². The molecule has 1 atom stereocenters. The van der Waals surface area contributed by atoms with Gasteiger partial charge in [-0.25, -0.2) is 0 Å². The molecule has 0 aliphatic carbocycles. The maximum Gasteiger partial charge on any atom is 0.486 e. The fraction of sp³-hybridized carbons (Fsp3) is 0.214. The van der Waals surface area contributed by atoms with Crippen molar-refractivity contribution >= 4 is 43.0 Å². The monoisotopic (exact) mass is 526 g/mol. The zero-order chi connectivity index (χ0) is 19.9. The molecule has 12 heteroatoms. The van der Waals surface area contributed by atoms with E-state index in [2.05, 4.69) is 42.9 Å². The van der Waals surface area contributed by atoms with Gasteiger partial charge in [-0.15, -0.1) is 8.78 Å².